The summed E-state index contributed by atoms with van der Waals surface area (Å²) >= 11 is 2.71. The predicted octanol–water partition coefficient (Wildman–Crippen LogP) is 2.45. The molecule has 3 N–H and O–H groups in total. The van der Waals surface area contributed by atoms with Gasteiger partial charge in [-0.3, -0.25) is 0 Å². The highest BCUT2D eigenvalue weighted by atomic mass is 32.2. The second-order valence-electron chi connectivity index (χ2n) is 4.79. The van der Waals surface area contributed by atoms with E-state index in [-0.39, 0.29) is 15.4 Å². The van der Waals surface area contributed by atoms with Crippen molar-refractivity contribution in [3.8, 4) is 0 Å². The molecule has 1 atom stereocenters. The molecule has 0 aromatic carbocycles. The Labute approximate surface area is 125 Å². The van der Waals surface area contributed by atoms with E-state index in [2.05, 4.69) is 9.71 Å². The molecule has 2 aromatic rings. The van der Waals surface area contributed by atoms with Gasteiger partial charge in [-0.25, -0.2) is 18.1 Å². The second kappa shape index (κ2) is 5.10. The Hall–Kier alpha value is -0.960. The number of fused-ring (bicyclic) bond motifs is 1. The molecule has 0 fully saturated rings. The Morgan fingerprint density at radius 1 is 1.50 bits per heavy atom. The summed E-state index contributed by atoms with van der Waals surface area (Å²) in [5.74, 6) is 0. The molecule has 0 spiro atoms. The van der Waals surface area contributed by atoms with E-state index < -0.39 is 10.0 Å². The fourth-order valence-corrected chi connectivity index (χ4v) is 6.06. The van der Waals surface area contributed by atoms with Gasteiger partial charge in [-0.15, -0.1) is 11.3 Å². The molecule has 1 aliphatic carbocycles. The Morgan fingerprint density at radius 2 is 2.30 bits per heavy atom. The first-order valence-electron chi connectivity index (χ1n) is 6.29. The predicted molar refractivity (Wildman–Crippen MR) is 81.6 cm³/mol. The number of sulfonamides is 1. The Kier molecular flexibility index (Phi) is 3.57. The van der Waals surface area contributed by atoms with Crippen LogP contribution in [0.3, 0.4) is 0 Å². The quantitative estimate of drug-likeness (QED) is 0.906. The van der Waals surface area contributed by atoms with E-state index in [1.807, 2.05) is 11.4 Å². The van der Waals surface area contributed by atoms with Crippen LogP contribution in [0.2, 0.25) is 0 Å². The van der Waals surface area contributed by atoms with Gasteiger partial charge >= 0.3 is 0 Å². The fraction of sp³-hybridized carbons (Fsp3) is 0.417. The van der Waals surface area contributed by atoms with Gasteiger partial charge in [-0.2, -0.15) is 0 Å². The van der Waals surface area contributed by atoms with Gasteiger partial charge < -0.3 is 5.73 Å². The van der Waals surface area contributed by atoms with Gasteiger partial charge in [0.15, 0.2) is 9.34 Å². The van der Waals surface area contributed by atoms with Crippen LogP contribution < -0.4 is 10.5 Å². The van der Waals surface area contributed by atoms with Crippen molar-refractivity contribution >= 4 is 37.8 Å². The minimum absolute atomic E-state index is 0.141. The number of rotatable bonds is 3. The highest BCUT2D eigenvalue weighted by Gasteiger charge is 2.28. The van der Waals surface area contributed by atoms with Crippen molar-refractivity contribution in [1.29, 1.82) is 0 Å². The average molecular weight is 329 g/mol. The van der Waals surface area contributed by atoms with Crippen molar-refractivity contribution in [3.63, 3.8) is 0 Å². The van der Waals surface area contributed by atoms with Gasteiger partial charge in [-0.05, 0) is 43.2 Å². The number of nitrogens with two attached hydrogens (primary N) is 1. The largest absolute Gasteiger partial charge is 0.375 e. The summed E-state index contributed by atoms with van der Waals surface area (Å²) in [5, 5.41) is 2.30. The van der Waals surface area contributed by atoms with Crippen LogP contribution >= 0.6 is 22.7 Å². The summed E-state index contributed by atoms with van der Waals surface area (Å²) < 4.78 is 28.0. The summed E-state index contributed by atoms with van der Waals surface area (Å²) in [6.07, 6.45) is 2.87. The third-order valence-corrected chi connectivity index (χ3v) is 7.43. The molecule has 108 valence electrons. The zero-order valence-corrected chi connectivity index (χ0v) is 13.4. The van der Waals surface area contributed by atoms with Crippen molar-refractivity contribution in [2.75, 3.05) is 5.73 Å². The van der Waals surface area contributed by atoms with Gasteiger partial charge in [0, 0.05) is 10.9 Å². The Bertz CT molecular complexity index is 733. The lowest BCUT2D eigenvalue weighted by atomic mass is 9.95. The van der Waals surface area contributed by atoms with Crippen LogP contribution in [0.15, 0.2) is 15.7 Å². The van der Waals surface area contributed by atoms with Crippen molar-refractivity contribution in [2.24, 2.45) is 0 Å². The van der Waals surface area contributed by atoms with Crippen LogP contribution in [0.25, 0.3) is 0 Å². The molecule has 0 saturated carbocycles. The minimum Gasteiger partial charge on any atom is -0.375 e. The van der Waals surface area contributed by atoms with Gasteiger partial charge in [0.1, 0.15) is 0 Å². The number of aromatic nitrogens is 1. The van der Waals surface area contributed by atoms with E-state index in [1.54, 1.807) is 18.3 Å². The number of thiophene rings is 1. The standard InChI is InChI=1S/C12H15N3O2S3/c1-7-11(19-12(13)14-7)20(16,17)15-9-3-2-4-10-8(9)5-6-18-10/h5-6,9,15H,2-4H2,1H3,(H2,13,14). The molecule has 0 amide bonds. The number of hydrogen-bond acceptors (Lipinski definition) is 6. The molecule has 5 nitrogen and oxygen atoms in total. The molecule has 0 radical (unpaired) electrons. The molecular formula is C12H15N3O2S3. The van der Waals surface area contributed by atoms with Gasteiger partial charge in [-0.1, -0.05) is 11.3 Å². The molecule has 1 unspecified atom stereocenters. The molecule has 2 heterocycles. The lowest BCUT2D eigenvalue weighted by molar-refractivity contribution is 0.512. The van der Waals surface area contributed by atoms with Gasteiger partial charge in [0.2, 0.25) is 0 Å². The van der Waals surface area contributed by atoms with E-state index in [0.29, 0.717) is 5.69 Å². The van der Waals surface area contributed by atoms with E-state index in [4.69, 9.17) is 5.73 Å². The van der Waals surface area contributed by atoms with Gasteiger partial charge in [0.05, 0.1) is 5.69 Å². The molecule has 3 rings (SSSR count). The van der Waals surface area contributed by atoms with Crippen LogP contribution in [-0.4, -0.2) is 13.4 Å². The maximum absolute atomic E-state index is 12.5. The molecule has 0 aliphatic heterocycles. The normalized spacial score (nSPS) is 18.9. The maximum atomic E-state index is 12.5. The first kappa shape index (κ1) is 14.0. The molecular weight excluding hydrogens is 314 g/mol. The van der Waals surface area contributed by atoms with E-state index in [9.17, 15) is 8.42 Å². The monoisotopic (exact) mass is 329 g/mol. The number of thiazole rings is 1. The smallest absolute Gasteiger partial charge is 0.252 e. The van der Waals surface area contributed by atoms with E-state index >= 15 is 0 Å². The highest BCUT2D eigenvalue weighted by molar-refractivity contribution is 7.91. The molecule has 2 aromatic heterocycles. The van der Waals surface area contributed by atoms with Crippen molar-refractivity contribution in [3.05, 3.63) is 27.6 Å². The number of nitrogens with one attached hydrogen (secondary N) is 1. The summed E-state index contributed by atoms with van der Waals surface area (Å²) in [4.78, 5) is 5.27. The summed E-state index contributed by atoms with van der Waals surface area (Å²) in [6, 6.07) is 1.87. The molecule has 0 bridgehead atoms. The maximum Gasteiger partial charge on any atom is 0.252 e. The third kappa shape index (κ3) is 2.48. The Morgan fingerprint density at radius 3 is 3.00 bits per heavy atom. The van der Waals surface area contributed by atoms with E-state index in [0.717, 1.165) is 36.2 Å². The molecule has 1 aliphatic rings. The number of aryl methyl sites for hydroxylation is 2. The van der Waals surface area contributed by atoms with Crippen molar-refractivity contribution in [2.45, 2.75) is 36.4 Å². The molecule has 8 heteroatoms. The zero-order chi connectivity index (χ0) is 14.3. The lowest BCUT2D eigenvalue weighted by Crippen LogP contribution is -2.30. The molecule has 20 heavy (non-hydrogen) atoms. The first-order valence-corrected chi connectivity index (χ1v) is 9.47. The highest BCUT2D eigenvalue weighted by Crippen LogP contribution is 2.35. The topological polar surface area (TPSA) is 85.1 Å². The lowest BCUT2D eigenvalue weighted by Gasteiger charge is -2.23. The van der Waals surface area contributed by atoms with Crippen LogP contribution in [0.4, 0.5) is 5.13 Å². The third-order valence-electron chi connectivity index (χ3n) is 3.36. The van der Waals surface area contributed by atoms with Crippen LogP contribution in [0.5, 0.6) is 0 Å². The number of nitrogens with zero attached hydrogens (tertiary/aromatic N) is 1. The van der Waals surface area contributed by atoms with Gasteiger partial charge in [0.25, 0.3) is 10.0 Å². The number of nitrogen functional groups attached to an aromatic ring is 1. The summed E-state index contributed by atoms with van der Waals surface area (Å²) in [6.45, 7) is 1.66. The average Bonchev–Trinajstić information content (AvgIpc) is 2.96. The van der Waals surface area contributed by atoms with Crippen LogP contribution in [0.1, 0.15) is 35.0 Å². The summed E-state index contributed by atoms with van der Waals surface area (Å²) in [7, 11) is -3.56. The zero-order valence-electron chi connectivity index (χ0n) is 10.9. The second-order valence-corrected chi connectivity index (χ2v) is 8.73. The minimum atomic E-state index is -3.56. The SMILES string of the molecule is Cc1nc(N)sc1S(=O)(=O)NC1CCCc2sccc21. The van der Waals surface area contributed by atoms with E-state index in [1.165, 1.54) is 4.88 Å². The van der Waals surface area contributed by atoms with Crippen LogP contribution in [0, 0.1) is 6.92 Å². The molecule has 0 saturated heterocycles. The number of anilines is 1. The summed E-state index contributed by atoms with van der Waals surface area (Å²) in [5.41, 5.74) is 7.16. The van der Waals surface area contributed by atoms with Crippen molar-refractivity contribution in [1.82, 2.24) is 9.71 Å². The Balaban J connectivity index is 1.91. The first-order chi connectivity index (χ1) is 9.47. The fourth-order valence-electron chi connectivity index (χ4n) is 2.50. The van der Waals surface area contributed by atoms with Crippen molar-refractivity contribution < 1.29 is 8.42 Å². The number of hydrogen-bond donors (Lipinski definition) is 2. The van der Waals surface area contributed by atoms with Crippen LogP contribution in [-0.2, 0) is 16.4 Å².